The first kappa shape index (κ1) is 17.7. The Labute approximate surface area is 154 Å². The molecular weight excluding hydrogens is 322 g/mol. The van der Waals surface area contributed by atoms with Gasteiger partial charge in [0.05, 0.1) is 13.2 Å². The molecule has 3 aromatic rings. The number of aryl methyl sites for hydroxylation is 2. The topological polar surface area (TPSA) is 38.3 Å². The summed E-state index contributed by atoms with van der Waals surface area (Å²) in [5.74, 6) is 0.671. The number of rotatable bonds is 5. The van der Waals surface area contributed by atoms with Gasteiger partial charge in [-0.2, -0.15) is 0 Å². The maximum absolute atomic E-state index is 12.9. The van der Waals surface area contributed by atoms with Crippen molar-refractivity contribution in [3.63, 3.8) is 0 Å². The highest BCUT2D eigenvalue weighted by Gasteiger charge is 2.18. The minimum atomic E-state index is -0.202. The number of benzene rings is 3. The van der Waals surface area contributed by atoms with Crippen LogP contribution in [0, 0.1) is 13.8 Å². The van der Waals surface area contributed by atoms with Crippen molar-refractivity contribution in [1.82, 2.24) is 5.32 Å². The van der Waals surface area contributed by atoms with E-state index in [1.165, 1.54) is 5.56 Å². The van der Waals surface area contributed by atoms with Gasteiger partial charge in [0, 0.05) is 5.56 Å². The van der Waals surface area contributed by atoms with Gasteiger partial charge >= 0.3 is 0 Å². The summed E-state index contributed by atoms with van der Waals surface area (Å²) in [7, 11) is 1.63. The second-order valence-corrected chi connectivity index (χ2v) is 6.41. The monoisotopic (exact) mass is 345 g/mol. The van der Waals surface area contributed by atoms with Crippen LogP contribution in [0.25, 0.3) is 0 Å². The minimum absolute atomic E-state index is 0.106. The first-order chi connectivity index (χ1) is 12.6. The van der Waals surface area contributed by atoms with Crippen molar-refractivity contribution in [2.45, 2.75) is 19.9 Å². The van der Waals surface area contributed by atoms with E-state index in [1.54, 1.807) is 13.2 Å². The molecule has 3 nitrogen and oxygen atoms in total. The Balaban J connectivity index is 1.91. The standard InChI is InChI=1S/C23H23NO2/c1-16-9-11-19(12-10-16)22(18-7-5-4-6-8-18)24-23(25)20-13-14-21(26-3)17(2)15-20/h4-15,22H,1-3H3,(H,24,25)/t22-/m0/s1. The van der Waals surface area contributed by atoms with E-state index in [4.69, 9.17) is 4.74 Å². The SMILES string of the molecule is COc1ccc(C(=O)N[C@@H](c2ccccc2)c2ccc(C)cc2)cc1C. The molecule has 26 heavy (non-hydrogen) atoms. The van der Waals surface area contributed by atoms with Gasteiger partial charge < -0.3 is 10.1 Å². The van der Waals surface area contributed by atoms with E-state index in [0.29, 0.717) is 5.56 Å². The molecular formula is C23H23NO2. The van der Waals surface area contributed by atoms with Crippen LogP contribution in [0.1, 0.15) is 38.7 Å². The van der Waals surface area contributed by atoms with E-state index in [2.05, 4.69) is 36.5 Å². The molecule has 0 aliphatic heterocycles. The molecule has 3 aromatic carbocycles. The fourth-order valence-electron chi connectivity index (χ4n) is 3.00. The van der Waals surface area contributed by atoms with Crippen molar-refractivity contribution >= 4 is 5.91 Å². The summed E-state index contributed by atoms with van der Waals surface area (Å²) in [5.41, 5.74) is 4.86. The Morgan fingerprint density at radius 3 is 2.15 bits per heavy atom. The number of amides is 1. The average molecular weight is 345 g/mol. The fraction of sp³-hybridized carbons (Fsp3) is 0.174. The van der Waals surface area contributed by atoms with Gasteiger partial charge in [-0.25, -0.2) is 0 Å². The second kappa shape index (κ2) is 7.87. The molecule has 1 amide bonds. The van der Waals surface area contributed by atoms with Gasteiger partial charge in [0.2, 0.25) is 0 Å². The van der Waals surface area contributed by atoms with E-state index < -0.39 is 0 Å². The number of carbonyl (C=O) groups is 1. The normalized spacial score (nSPS) is 11.7. The highest BCUT2D eigenvalue weighted by molar-refractivity contribution is 5.95. The quantitative estimate of drug-likeness (QED) is 0.719. The zero-order chi connectivity index (χ0) is 18.5. The molecule has 1 atom stereocenters. The van der Waals surface area contributed by atoms with Gasteiger partial charge in [-0.3, -0.25) is 4.79 Å². The Morgan fingerprint density at radius 2 is 1.54 bits per heavy atom. The minimum Gasteiger partial charge on any atom is -0.496 e. The zero-order valence-electron chi connectivity index (χ0n) is 15.3. The van der Waals surface area contributed by atoms with Crippen molar-refractivity contribution in [3.8, 4) is 5.75 Å². The molecule has 3 rings (SSSR count). The Kier molecular flexibility index (Phi) is 5.37. The number of methoxy groups -OCH3 is 1. The summed E-state index contributed by atoms with van der Waals surface area (Å²) in [6.07, 6.45) is 0. The molecule has 0 fully saturated rings. The predicted molar refractivity (Wildman–Crippen MR) is 105 cm³/mol. The number of nitrogens with one attached hydrogen (secondary N) is 1. The van der Waals surface area contributed by atoms with E-state index in [9.17, 15) is 4.79 Å². The lowest BCUT2D eigenvalue weighted by Gasteiger charge is -2.20. The molecule has 1 N–H and O–H groups in total. The van der Waals surface area contributed by atoms with Crippen LogP contribution < -0.4 is 10.1 Å². The first-order valence-electron chi connectivity index (χ1n) is 8.65. The first-order valence-corrected chi connectivity index (χ1v) is 8.65. The predicted octanol–water partition coefficient (Wildman–Crippen LogP) is 4.83. The smallest absolute Gasteiger partial charge is 0.252 e. The van der Waals surface area contributed by atoms with Crippen molar-refractivity contribution < 1.29 is 9.53 Å². The van der Waals surface area contributed by atoms with Crippen LogP contribution in [0.4, 0.5) is 0 Å². The van der Waals surface area contributed by atoms with E-state index in [-0.39, 0.29) is 11.9 Å². The summed E-state index contributed by atoms with van der Waals surface area (Å²) in [4.78, 5) is 12.9. The van der Waals surface area contributed by atoms with Crippen molar-refractivity contribution in [3.05, 3.63) is 101 Å². The molecule has 0 saturated heterocycles. The van der Waals surface area contributed by atoms with Gasteiger partial charge in [0.25, 0.3) is 5.91 Å². The summed E-state index contributed by atoms with van der Waals surface area (Å²) >= 11 is 0. The molecule has 0 aliphatic carbocycles. The van der Waals surface area contributed by atoms with Crippen LogP contribution in [-0.4, -0.2) is 13.0 Å². The van der Waals surface area contributed by atoms with Crippen LogP contribution >= 0.6 is 0 Å². The molecule has 0 heterocycles. The van der Waals surface area contributed by atoms with Crippen molar-refractivity contribution in [2.75, 3.05) is 7.11 Å². The third-order valence-corrected chi connectivity index (χ3v) is 4.48. The number of hydrogen-bond acceptors (Lipinski definition) is 2. The Bertz CT molecular complexity index is 886. The average Bonchev–Trinajstić information content (AvgIpc) is 2.67. The Morgan fingerprint density at radius 1 is 0.885 bits per heavy atom. The molecule has 0 unspecified atom stereocenters. The van der Waals surface area contributed by atoms with Crippen LogP contribution in [-0.2, 0) is 0 Å². The number of hydrogen-bond donors (Lipinski definition) is 1. The van der Waals surface area contributed by atoms with E-state index in [0.717, 1.165) is 22.4 Å². The molecule has 0 aliphatic rings. The molecule has 0 spiro atoms. The van der Waals surface area contributed by atoms with Crippen LogP contribution in [0.3, 0.4) is 0 Å². The largest absolute Gasteiger partial charge is 0.496 e. The number of carbonyl (C=O) groups excluding carboxylic acids is 1. The lowest BCUT2D eigenvalue weighted by Crippen LogP contribution is -2.29. The lowest BCUT2D eigenvalue weighted by molar-refractivity contribution is 0.0943. The molecule has 0 saturated carbocycles. The van der Waals surface area contributed by atoms with Crippen LogP contribution in [0.15, 0.2) is 72.8 Å². The van der Waals surface area contributed by atoms with E-state index in [1.807, 2.05) is 49.4 Å². The summed E-state index contributed by atoms with van der Waals surface area (Å²) in [6.45, 7) is 3.99. The zero-order valence-corrected chi connectivity index (χ0v) is 15.3. The molecule has 132 valence electrons. The Hall–Kier alpha value is -3.07. The molecule has 0 aromatic heterocycles. The van der Waals surface area contributed by atoms with E-state index >= 15 is 0 Å². The van der Waals surface area contributed by atoms with Crippen LogP contribution in [0.5, 0.6) is 5.75 Å². The molecule has 3 heteroatoms. The third kappa shape index (κ3) is 3.94. The van der Waals surface area contributed by atoms with Gasteiger partial charge in [0.15, 0.2) is 0 Å². The highest BCUT2D eigenvalue weighted by atomic mass is 16.5. The fourth-order valence-corrected chi connectivity index (χ4v) is 3.00. The third-order valence-electron chi connectivity index (χ3n) is 4.48. The van der Waals surface area contributed by atoms with Gasteiger partial charge in [-0.1, -0.05) is 60.2 Å². The summed E-state index contributed by atoms with van der Waals surface area (Å²) in [5, 5.41) is 3.17. The van der Waals surface area contributed by atoms with Crippen molar-refractivity contribution in [1.29, 1.82) is 0 Å². The highest BCUT2D eigenvalue weighted by Crippen LogP contribution is 2.24. The summed E-state index contributed by atoms with van der Waals surface area (Å²) in [6, 6.07) is 23.5. The van der Waals surface area contributed by atoms with Crippen LogP contribution in [0.2, 0.25) is 0 Å². The van der Waals surface area contributed by atoms with Crippen molar-refractivity contribution in [2.24, 2.45) is 0 Å². The molecule has 0 bridgehead atoms. The summed E-state index contributed by atoms with van der Waals surface area (Å²) < 4.78 is 5.28. The maximum Gasteiger partial charge on any atom is 0.252 e. The number of ether oxygens (including phenoxy) is 1. The maximum atomic E-state index is 12.9. The second-order valence-electron chi connectivity index (χ2n) is 6.41. The van der Waals surface area contributed by atoms with Gasteiger partial charge in [0.1, 0.15) is 5.75 Å². The van der Waals surface area contributed by atoms with Gasteiger partial charge in [-0.15, -0.1) is 0 Å². The van der Waals surface area contributed by atoms with Gasteiger partial charge in [-0.05, 0) is 48.7 Å². The lowest BCUT2D eigenvalue weighted by atomic mass is 9.97. The molecule has 0 radical (unpaired) electrons.